The van der Waals surface area contributed by atoms with Gasteiger partial charge in [-0.1, -0.05) is 27.7 Å². The summed E-state index contributed by atoms with van der Waals surface area (Å²) in [5.74, 6) is 0. The van der Waals surface area contributed by atoms with Gasteiger partial charge in [0.05, 0.1) is 5.69 Å². The molecule has 0 aromatic carbocycles. The third-order valence-electron chi connectivity index (χ3n) is 6.10. The van der Waals surface area contributed by atoms with E-state index in [1.807, 2.05) is 0 Å². The second-order valence-corrected chi connectivity index (χ2v) is 10.7. The van der Waals surface area contributed by atoms with Gasteiger partial charge in [-0.3, -0.25) is 9.36 Å². The van der Waals surface area contributed by atoms with Crippen LogP contribution in [0.3, 0.4) is 0 Å². The third-order valence-corrected chi connectivity index (χ3v) is 6.96. The van der Waals surface area contributed by atoms with Gasteiger partial charge in [0, 0.05) is 31.0 Å². The Bertz CT molecular complexity index is 742. The Hall–Kier alpha value is -0.850. The Morgan fingerprint density at radius 3 is 1.85 bits per heavy atom. The van der Waals surface area contributed by atoms with Crippen LogP contribution in [0.25, 0.3) is 0 Å². The minimum Gasteiger partial charge on any atom is -0.272 e. The zero-order valence-corrected chi connectivity index (χ0v) is 19.6. The molecule has 2 aliphatic rings. The van der Waals surface area contributed by atoms with Gasteiger partial charge in [-0.05, 0) is 84.4 Å². The lowest BCUT2D eigenvalue weighted by atomic mass is 9.76. The predicted molar refractivity (Wildman–Crippen MR) is 115 cm³/mol. The van der Waals surface area contributed by atoms with E-state index in [1.165, 1.54) is 70.4 Å². The molecule has 0 unspecified atom stereocenters. The van der Waals surface area contributed by atoms with Gasteiger partial charge in [-0.2, -0.15) is 10.2 Å². The molecule has 2 aromatic rings. The van der Waals surface area contributed by atoms with E-state index in [1.54, 1.807) is 0 Å². The molecular formula is C21H33IN4. The lowest BCUT2D eigenvalue weighted by Crippen LogP contribution is -2.23. The molecule has 0 fully saturated rings. The summed E-state index contributed by atoms with van der Waals surface area (Å²) in [5, 5.41) is 8.94. The number of aryl methyl sites for hydroxylation is 3. The number of hydrogen-bond acceptors (Lipinski definition) is 2. The topological polar surface area (TPSA) is 35.6 Å². The second kappa shape index (κ2) is 6.95. The quantitative estimate of drug-likeness (QED) is 0.522. The molecule has 0 aliphatic heterocycles. The predicted octanol–water partition coefficient (Wildman–Crippen LogP) is 4.78. The Labute approximate surface area is 171 Å². The number of nitrogens with zero attached hydrogens (tertiary/aromatic N) is 4. The third kappa shape index (κ3) is 4.02. The van der Waals surface area contributed by atoms with Crippen molar-refractivity contribution in [1.82, 2.24) is 19.6 Å². The summed E-state index contributed by atoms with van der Waals surface area (Å²) in [6, 6.07) is 0. The molecule has 4 rings (SSSR count). The van der Waals surface area contributed by atoms with Gasteiger partial charge in [0.1, 0.15) is 3.70 Å². The molecule has 0 bridgehead atoms. The van der Waals surface area contributed by atoms with Crippen molar-refractivity contribution >= 4 is 22.6 Å². The average Bonchev–Trinajstić information content (AvgIpc) is 2.94. The van der Waals surface area contributed by atoms with Gasteiger partial charge in [-0.15, -0.1) is 0 Å². The highest BCUT2D eigenvalue weighted by molar-refractivity contribution is 14.1. The van der Waals surface area contributed by atoms with Gasteiger partial charge in [0.2, 0.25) is 0 Å². The SMILES string of the molecule is Cc1nn(C)c2c1CCC(C)(C)C2.Cn1nc(I)c2c1CC(C)(C)CC2. The van der Waals surface area contributed by atoms with Crippen molar-refractivity contribution in [3.63, 3.8) is 0 Å². The number of halogens is 1. The minimum atomic E-state index is 0.462. The van der Waals surface area contributed by atoms with Crippen molar-refractivity contribution in [2.24, 2.45) is 24.9 Å². The van der Waals surface area contributed by atoms with Crippen LogP contribution in [0, 0.1) is 21.5 Å². The van der Waals surface area contributed by atoms with E-state index >= 15 is 0 Å². The highest BCUT2D eigenvalue weighted by atomic mass is 127. The van der Waals surface area contributed by atoms with Crippen LogP contribution in [0.2, 0.25) is 0 Å². The zero-order valence-electron chi connectivity index (χ0n) is 17.4. The van der Waals surface area contributed by atoms with Crippen LogP contribution in [0.5, 0.6) is 0 Å². The molecule has 0 atom stereocenters. The van der Waals surface area contributed by atoms with Gasteiger partial charge in [-0.25, -0.2) is 0 Å². The fourth-order valence-corrected chi connectivity index (χ4v) is 5.25. The summed E-state index contributed by atoms with van der Waals surface area (Å²) in [4.78, 5) is 0. The smallest absolute Gasteiger partial charge is 0.126 e. The summed E-state index contributed by atoms with van der Waals surface area (Å²) in [6.07, 6.45) is 7.36. The lowest BCUT2D eigenvalue weighted by molar-refractivity contribution is 0.306. The average molecular weight is 468 g/mol. The van der Waals surface area contributed by atoms with Crippen molar-refractivity contribution in [1.29, 1.82) is 0 Å². The summed E-state index contributed by atoms with van der Waals surface area (Å²) in [5.41, 5.74) is 8.04. The fraction of sp³-hybridized carbons (Fsp3) is 0.714. The number of rotatable bonds is 0. The fourth-order valence-electron chi connectivity index (χ4n) is 4.34. The number of aromatic nitrogens is 4. The van der Waals surface area contributed by atoms with E-state index in [9.17, 15) is 0 Å². The normalized spacial score (nSPS) is 20.0. The van der Waals surface area contributed by atoms with Crippen molar-refractivity contribution in [2.75, 3.05) is 0 Å². The van der Waals surface area contributed by atoms with E-state index in [0.717, 1.165) is 0 Å². The highest BCUT2D eigenvalue weighted by Gasteiger charge is 2.30. The maximum atomic E-state index is 4.47. The van der Waals surface area contributed by atoms with Crippen molar-refractivity contribution in [2.45, 2.75) is 73.1 Å². The zero-order chi connectivity index (χ0) is 19.3. The van der Waals surface area contributed by atoms with Crippen molar-refractivity contribution < 1.29 is 0 Å². The molecule has 2 aliphatic carbocycles. The molecule has 0 spiro atoms. The first-order valence-corrected chi connectivity index (χ1v) is 10.8. The molecule has 26 heavy (non-hydrogen) atoms. The Balaban J connectivity index is 0.000000151. The van der Waals surface area contributed by atoms with Crippen LogP contribution >= 0.6 is 22.6 Å². The summed E-state index contributed by atoms with van der Waals surface area (Å²) in [6.45, 7) is 11.5. The van der Waals surface area contributed by atoms with E-state index in [4.69, 9.17) is 0 Å². The molecule has 144 valence electrons. The summed E-state index contributed by atoms with van der Waals surface area (Å²) in [7, 11) is 4.12. The van der Waals surface area contributed by atoms with Crippen LogP contribution in [-0.2, 0) is 39.8 Å². The van der Waals surface area contributed by atoms with E-state index in [-0.39, 0.29) is 0 Å². The highest BCUT2D eigenvalue weighted by Crippen LogP contribution is 2.36. The van der Waals surface area contributed by atoms with Gasteiger partial charge < -0.3 is 0 Å². The lowest BCUT2D eigenvalue weighted by Gasteiger charge is -2.29. The first-order valence-electron chi connectivity index (χ1n) is 9.71. The molecule has 0 N–H and O–H groups in total. The standard InChI is InChI=1S/C11H18N2.C10H15IN2/c1-8-9-5-6-11(2,3)7-10(9)13(4)12-8;1-10(2)5-4-7-8(6-10)13(3)12-9(7)11/h5-7H2,1-4H3;4-6H2,1-3H3. The van der Waals surface area contributed by atoms with Crippen LogP contribution in [0.4, 0.5) is 0 Å². The molecular weight excluding hydrogens is 435 g/mol. The molecule has 0 amide bonds. The molecule has 0 saturated heterocycles. The molecule has 5 heteroatoms. The van der Waals surface area contributed by atoms with Crippen LogP contribution < -0.4 is 0 Å². The van der Waals surface area contributed by atoms with Gasteiger partial charge in [0.25, 0.3) is 0 Å². The first-order chi connectivity index (χ1) is 12.0. The van der Waals surface area contributed by atoms with Gasteiger partial charge >= 0.3 is 0 Å². The van der Waals surface area contributed by atoms with Crippen molar-refractivity contribution in [3.8, 4) is 0 Å². The Morgan fingerprint density at radius 1 is 0.808 bits per heavy atom. The monoisotopic (exact) mass is 468 g/mol. The van der Waals surface area contributed by atoms with Crippen molar-refractivity contribution in [3.05, 3.63) is 31.9 Å². The number of hydrogen-bond donors (Lipinski definition) is 0. The van der Waals surface area contributed by atoms with Gasteiger partial charge in [0.15, 0.2) is 0 Å². The molecule has 2 aromatic heterocycles. The largest absolute Gasteiger partial charge is 0.272 e. The molecule has 0 radical (unpaired) electrons. The number of fused-ring (bicyclic) bond motifs is 2. The van der Waals surface area contributed by atoms with E-state index < -0.39 is 0 Å². The Morgan fingerprint density at radius 2 is 1.27 bits per heavy atom. The summed E-state index contributed by atoms with van der Waals surface area (Å²) < 4.78 is 5.31. The van der Waals surface area contributed by atoms with Crippen LogP contribution in [0.15, 0.2) is 0 Å². The molecule has 4 nitrogen and oxygen atoms in total. The van der Waals surface area contributed by atoms with Crippen LogP contribution in [0.1, 0.15) is 68.7 Å². The summed E-state index contributed by atoms with van der Waals surface area (Å²) >= 11 is 2.34. The second-order valence-electron chi connectivity index (χ2n) is 9.66. The first kappa shape index (κ1) is 19.9. The Kier molecular flexibility index (Phi) is 5.32. The maximum Gasteiger partial charge on any atom is 0.126 e. The molecule has 2 heterocycles. The van der Waals surface area contributed by atoms with E-state index in [0.29, 0.717) is 10.8 Å². The molecule has 0 saturated carbocycles. The maximum absolute atomic E-state index is 4.47. The minimum absolute atomic E-state index is 0.462. The van der Waals surface area contributed by atoms with Crippen LogP contribution in [-0.4, -0.2) is 19.6 Å². The van der Waals surface area contributed by atoms with E-state index in [2.05, 4.69) is 90.9 Å².